The third-order valence-corrected chi connectivity index (χ3v) is 16.3. The molecular formula is C54H53NS. The fraction of sp³-hybridized carbons (Fsp3) is 0.333. The van der Waals surface area contributed by atoms with Crippen LogP contribution in [0.1, 0.15) is 94.9 Å². The molecule has 0 N–H and O–H groups in total. The summed E-state index contributed by atoms with van der Waals surface area (Å²) in [4.78, 5) is 5.55. The monoisotopic (exact) mass is 747 g/mol. The summed E-state index contributed by atoms with van der Waals surface area (Å²) in [6, 6.07) is 53.6. The van der Waals surface area contributed by atoms with E-state index >= 15 is 0 Å². The van der Waals surface area contributed by atoms with Gasteiger partial charge in [0.15, 0.2) is 0 Å². The predicted molar refractivity (Wildman–Crippen MR) is 236 cm³/mol. The molecule has 12 rings (SSSR count). The highest BCUT2D eigenvalue weighted by Gasteiger charge is 2.61. The summed E-state index contributed by atoms with van der Waals surface area (Å²) in [5.41, 5.74) is 15.6. The van der Waals surface area contributed by atoms with Gasteiger partial charge >= 0.3 is 0 Å². The van der Waals surface area contributed by atoms with Gasteiger partial charge in [-0.15, -0.1) is 0 Å². The standard InChI is InChI=1S/C54H53NS/c1-52(2)28-29-53(3,4)50-44(14-10-16-46(50)52)39-22-26-43(27-23-39)55(42-24-20-38(21-25-42)37-12-6-5-7-13-37)47-17-11-19-49-51(47)54(45-15-8-9-18-48(45)56-49)40-31-35-30-36(33-40)34-41(54)32-35/h5-27,35-36,40-41H,28-34H2,1-4H3. The van der Waals surface area contributed by atoms with Crippen LogP contribution in [0, 0.1) is 23.7 Å². The van der Waals surface area contributed by atoms with Crippen molar-refractivity contribution in [2.75, 3.05) is 4.90 Å². The van der Waals surface area contributed by atoms with Crippen molar-refractivity contribution in [3.05, 3.63) is 162 Å². The zero-order valence-corrected chi connectivity index (χ0v) is 34.2. The fourth-order valence-electron chi connectivity index (χ4n) is 12.8. The molecule has 4 fully saturated rings. The van der Waals surface area contributed by atoms with Crippen molar-refractivity contribution in [3.63, 3.8) is 0 Å². The van der Waals surface area contributed by atoms with Gasteiger partial charge in [0.25, 0.3) is 0 Å². The molecule has 0 saturated heterocycles. The summed E-state index contributed by atoms with van der Waals surface area (Å²) in [7, 11) is 0. The normalized spacial score (nSPS) is 26.0. The van der Waals surface area contributed by atoms with Crippen molar-refractivity contribution >= 4 is 28.8 Å². The van der Waals surface area contributed by atoms with Gasteiger partial charge in [-0.2, -0.15) is 0 Å². The summed E-state index contributed by atoms with van der Waals surface area (Å²) < 4.78 is 0. The van der Waals surface area contributed by atoms with Crippen LogP contribution in [0.4, 0.5) is 17.1 Å². The third-order valence-electron chi connectivity index (χ3n) is 15.2. The lowest BCUT2D eigenvalue weighted by atomic mass is 9.42. The van der Waals surface area contributed by atoms with Gasteiger partial charge in [-0.25, -0.2) is 0 Å². The van der Waals surface area contributed by atoms with Crippen molar-refractivity contribution in [1.29, 1.82) is 0 Å². The third kappa shape index (κ3) is 5.20. The first-order chi connectivity index (χ1) is 27.2. The number of nitrogens with zero attached hydrogens (tertiary/aromatic N) is 1. The van der Waals surface area contributed by atoms with E-state index in [-0.39, 0.29) is 16.2 Å². The maximum Gasteiger partial charge on any atom is 0.0514 e. The van der Waals surface area contributed by atoms with E-state index in [0.29, 0.717) is 11.8 Å². The van der Waals surface area contributed by atoms with Gasteiger partial charge < -0.3 is 4.90 Å². The van der Waals surface area contributed by atoms with Crippen molar-refractivity contribution in [3.8, 4) is 22.3 Å². The summed E-state index contributed by atoms with van der Waals surface area (Å²) in [5, 5.41) is 0. The molecule has 1 spiro atoms. The highest BCUT2D eigenvalue weighted by molar-refractivity contribution is 7.99. The fourth-order valence-corrected chi connectivity index (χ4v) is 14.0. The molecular weight excluding hydrogens is 695 g/mol. The summed E-state index contributed by atoms with van der Waals surface area (Å²) >= 11 is 2.01. The molecule has 4 bridgehead atoms. The second-order valence-corrected chi connectivity index (χ2v) is 20.3. The van der Waals surface area contributed by atoms with E-state index in [2.05, 4.69) is 172 Å². The van der Waals surface area contributed by atoms with Crippen LogP contribution >= 0.6 is 11.8 Å². The number of anilines is 3. The van der Waals surface area contributed by atoms with Crippen LogP contribution in [0.25, 0.3) is 22.3 Å². The number of benzene rings is 6. The average molecular weight is 748 g/mol. The van der Waals surface area contributed by atoms with E-state index in [1.54, 1.807) is 11.1 Å². The van der Waals surface area contributed by atoms with E-state index in [1.165, 1.54) is 105 Å². The molecule has 6 aromatic carbocycles. The van der Waals surface area contributed by atoms with Crippen molar-refractivity contribution in [1.82, 2.24) is 0 Å². The molecule has 0 unspecified atom stereocenters. The van der Waals surface area contributed by atoms with Crippen LogP contribution in [0.5, 0.6) is 0 Å². The van der Waals surface area contributed by atoms with Gasteiger partial charge in [0, 0.05) is 32.1 Å². The predicted octanol–water partition coefficient (Wildman–Crippen LogP) is 15.0. The molecule has 280 valence electrons. The number of fused-ring (bicyclic) bond motifs is 3. The summed E-state index contributed by atoms with van der Waals surface area (Å²) in [6.07, 6.45) is 9.37. The van der Waals surface area contributed by atoms with Crippen molar-refractivity contribution in [2.24, 2.45) is 23.7 Å². The van der Waals surface area contributed by atoms with Crippen molar-refractivity contribution < 1.29 is 0 Å². The Bertz CT molecular complexity index is 2430. The Morgan fingerprint density at radius 2 is 1.02 bits per heavy atom. The number of hydrogen-bond donors (Lipinski definition) is 0. The Balaban J connectivity index is 1.10. The van der Waals surface area contributed by atoms with Crippen LogP contribution in [-0.2, 0) is 16.2 Å². The van der Waals surface area contributed by atoms with E-state index in [9.17, 15) is 0 Å². The van der Waals surface area contributed by atoms with Crippen LogP contribution in [0.2, 0.25) is 0 Å². The quantitative estimate of drug-likeness (QED) is 0.173. The second kappa shape index (κ2) is 12.7. The highest BCUT2D eigenvalue weighted by atomic mass is 32.2. The first-order valence-electron chi connectivity index (χ1n) is 21.3. The molecule has 0 atom stereocenters. The minimum absolute atomic E-state index is 0.0326. The van der Waals surface area contributed by atoms with Gasteiger partial charge in [0.2, 0.25) is 0 Å². The Morgan fingerprint density at radius 3 is 1.71 bits per heavy atom. The molecule has 56 heavy (non-hydrogen) atoms. The van der Waals surface area contributed by atoms with Crippen molar-refractivity contribution in [2.45, 2.75) is 98.7 Å². The highest BCUT2D eigenvalue weighted by Crippen LogP contribution is 2.70. The van der Waals surface area contributed by atoms with Gasteiger partial charge in [0.05, 0.1) is 5.69 Å². The van der Waals surface area contributed by atoms with Crippen LogP contribution in [0.15, 0.2) is 149 Å². The van der Waals surface area contributed by atoms with Crippen LogP contribution in [0.3, 0.4) is 0 Å². The molecule has 6 aliphatic rings. The van der Waals surface area contributed by atoms with E-state index in [1.807, 2.05) is 11.8 Å². The zero-order chi connectivity index (χ0) is 37.8. The minimum Gasteiger partial charge on any atom is -0.310 e. The lowest BCUT2D eigenvalue weighted by Crippen LogP contribution is -2.57. The lowest BCUT2D eigenvalue weighted by molar-refractivity contribution is -0.0441. The largest absolute Gasteiger partial charge is 0.310 e. The Labute approximate surface area is 338 Å². The van der Waals surface area contributed by atoms with Gasteiger partial charge in [0.1, 0.15) is 0 Å². The Morgan fingerprint density at radius 1 is 0.464 bits per heavy atom. The first-order valence-corrected chi connectivity index (χ1v) is 22.1. The second-order valence-electron chi connectivity index (χ2n) is 19.2. The number of hydrogen-bond acceptors (Lipinski definition) is 2. The topological polar surface area (TPSA) is 3.24 Å². The molecule has 6 aromatic rings. The van der Waals surface area contributed by atoms with E-state index in [4.69, 9.17) is 0 Å². The molecule has 1 nitrogen and oxygen atoms in total. The summed E-state index contributed by atoms with van der Waals surface area (Å²) in [5.74, 6) is 3.16. The minimum atomic E-state index is 0.0326. The van der Waals surface area contributed by atoms with Crippen LogP contribution < -0.4 is 4.90 Å². The summed E-state index contributed by atoms with van der Waals surface area (Å²) in [6.45, 7) is 9.77. The van der Waals surface area contributed by atoms with Crippen LogP contribution in [-0.4, -0.2) is 0 Å². The average Bonchev–Trinajstić information content (AvgIpc) is 3.22. The molecule has 0 aromatic heterocycles. The first kappa shape index (κ1) is 34.7. The Hall–Kier alpha value is -4.53. The Kier molecular flexibility index (Phi) is 7.89. The van der Waals surface area contributed by atoms with Gasteiger partial charge in [-0.3, -0.25) is 0 Å². The van der Waals surface area contributed by atoms with E-state index in [0.717, 1.165) is 11.8 Å². The smallest absolute Gasteiger partial charge is 0.0514 e. The molecule has 1 aliphatic heterocycles. The molecule has 1 heterocycles. The molecule has 2 heteroatoms. The molecule has 0 amide bonds. The van der Waals surface area contributed by atoms with E-state index < -0.39 is 0 Å². The van der Waals surface area contributed by atoms with Gasteiger partial charge in [-0.1, -0.05) is 137 Å². The number of rotatable bonds is 5. The lowest BCUT2D eigenvalue weighted by Gasteiger charge is -2.63. The molecule has 5 aliphatic carbocycles. The molecule has 4 saturated carbocycles. The zero-order valence-electron chi connectivity index (χ0n) is 33.4. The maximum atomic E-state index is 2.62. The molecule has 0 radical (unpaired) electrons. The maximum absolute atomic E-state index is 2.62. The van der Waals surface area contributed by atoms with Gasteiger partial charge in [-0.05, 0) is 161 Å². The SMILES string of the molecule is CC1(C)CCC(C)(C)c2c(-c3ccc(N(c4ccc(-c5ccccc5)cc4)c4cccc5c4C4(c6ccccc6S5)C5CC6CC(C5)CC4C6)cc3)cccc21.